The van der Waals surface area contributed by atoms with E-state index in [1.165, 1.54) is 31.4 Å². The second kappa shape index (κ2) is 7.06. The number of rotatable bonds is 5. The normalized spacial score (nSPS) is 19.9. The molecule has 0 radical (unpaired) electrons. The number of hydrogen-bond acceptors (Lipinski definition) is 4. The summed E-state index contributed by atoms with van der Waals surface area (Å²) in [7, 11) is 0. The van der Waals surface area contributed by atoms with Crippen LogP contribution in [-0.2, 0) is 0 Å². The summed E-state index contributed by atoms with van der Waals surface area (Å²) in [4.78, 5) is 4.74. The largest absolute Gasteiger partial charge is 0.394 e. The molecule has 1 heterocycles. The lowest BCUT2D eigenvalue weighted by atomic mass is 10.00. The van der Waals surface area contributed by atoms with Crippen molar-refractivity contribution in [3.8, 4) is 0 Å². The highest BCUT2D eigenvalue weighted by molar-refractivity contribution is 5.77. The van der Waals surface area contributed by atoms with Gasteiger partial charge in [-0.1, -0.05) is 55.3 Å². The van der Waals surface area contributed by atoms with E-state index in [-0.39, 0.29) is 12.6 Å². The molecule has 1 saturated carbocycles. The van der Waals surface area contributed by atoms with Gasteiger partial charge in [0.05, 0.1) is 30.7 Å². The van der Waals surface area contributed by atoms with E-state index in [1.54, 1.807) is 0 Å². The lowest BCUT2D eigenvalue weighted by molar-refractivity contribution is 0.0715. The number of nitrogens with zero attached hydrogens (tertiary/aromatic N) is 2. The van der Waals surface area contributed by atoms with Crippen LogP contribution in [0.1, 0.15) is 37.3 Å². The molecule has 0 amide bonds. The first-order valence-corrected chi connectivity index (χ1v) is 9.26. The average Bonchev–Trinajstić information content (AvgIpc) is 3.31. The first kappa shape index (κ1) is 16.4. The third-order valence-electron chi connectivity index (χ3n) is 5.60. The Balaban J connectivity index is 1.72. The number of benzene rings is 2. The highest BCUT2D eigenvalue weighted by Gasteiger charge is 2.38. The van der Waals surface area contributed by atoms with Gasteiger partial charge in [-0.15, -0.1) is 0 Å². The Morgan fingerprint density at radius 2 is 1.56 bits per heavy atom. The standard InChI is InChI=1S/C21H26N2O2/c24-14-20(25)21(16-8-2-1-3-9-16)23-15-22(17-10-4-5-11-17)18-12-6-7-13-19(18)23/h1-3,6-9,12-13,17,20-21,24-25H,4-5,10-11,14-15H2/t20-,21+/m1/s1. The van der Waals surface area contributed by atoms with Crippen LogP contribution in [-0.4, -0.2) is 35.6 Å². The second-order valence-electron chi connectivity index (χ2n) is 7.11. The number of aliphatic hydroxyl groups is 2. The van der Waals surface area contributed by atoms with Crippen LogP contribution in [0.2, 0.25) is 0 Å². The van der Waals surface area contributed by atoms with Gasteiger partial charge in [0.1, 0.15) is 6.10 Å². The molecule has 0 unspecified atom stereocenters. The minimum atomic E-state index is -0.820. The van der Waals surface area contributed by atoms with E-state index >= 15 is 0 Å². The fraction of sp³-hybridized carbons (Fsp3) is 0.429. The lowest BCUT2D eigenvalue weighted by Gasteiger charge is -2.34. The van der Waals surface area contributed by atoms with Crippen LogP contribution in [0.25, 0.3) is 0 Å². The maximum absolute atomic E-state index is 10.6. The van der Waals surface area contributed by atoms with Gasteiger partial charge in [0.25, 0.3) is 0 Å². The van der Waals surface area contributed by atoms with Crippen molar-refractivity contribution in [2.75, 3.05) is 23.1 Å². The summed E-state index contributed by atoms with van der Waals surface area (Å²) >= 11 is 0. The molecule has 0 saturated heterocycles. The van der Waals surface area contributed by atoms with Gasteiger partial charge in [-0.2, -0.15) is 0 Å². The van der Waals surface area contributed by atoms with Crippen molar-refractivity contribution >= 4 is 11.4 Å². The van der Waals surface area contributed by atoms with Crippen molar-refractivity contribution in [3.05, 3.63) is 60.2 Å². The number of fused-ring (bicyclic) bond motifs is 1. The third kappa shape index (κ3) is 3.00. The summed E-state index contributed by atoms with van der Waals surface area (Å²) in [6, 6.07) is 18.8. The van der Waals surface area contributed by atoms with E-state index in [0.29, 0.717) is 6.04 Å². The Morgan fingerprint density at radius 1 is 0.920 bits per heavy atom. The van der Waals surface area contributed by atoms with Crippen LogP contribution in [0.4, 0.5) is 11.4 Å². The fourth-order valence-corrected chi connectivity index (χ4v) is 4.39. The number of hydrogen-bond donors (Lipinski definition) is 2. The van der Waals surface area contributed by atoms with Crippen molar-refractivity contribution in [2.24, 2.45) is 0 Å². The Morgan fingerprint density at radius 3 is 2.24 bits per heavy atom. The summed E-state index contributed by atoms with van der Waals surface area (Å²) < 4.78 is 0. The van der Waals surface area contributed by atoms with E-state index in [1.807, 2.05) is 30.3 Å². The van der Waals surface area contributed by atoms with Gasteiger partial charge in [-0.3, -0.25) is 0 Å². The molecule has 1 aliphatic heterocycles. The van der Waals surface area contributed by atoms with Crippen LogP contribution >= 0.6 is 0 Å². The van der Waals surface area contributed by atoms with Crippen molar-refractivity contribution in [1.29, 1.82) is 0 Å². The van der Waals surface area contributed by atoms with E-state index in [0.717, 1.165) is 17.9 Å². The molecule has 2 N–H and O–H groups in total. The number of aliphatic hydroxyl groups excluding tert-OH is 2. The fourth-order valence-electron chi connectivity index (χ4n) is 4.39. The first-order chi connectivity index (χ1) is 12.3. The van der Waals surface area contributed by atoms with Gasteiger partial charge in [0.15, 0.2) is 0 Å². The summed E-state index contributed by atoms with van der Waals surface area (Å²) in [5.41, 5.74) is 3.43. The molecule has 132 valence electrons. The minimum Gasteiger partial charge on any atom is -0.394 e. The maximum Gasteiger partial charge on any atom is 0.102 e. The molecule has 2 aromatic carbocycles. The Kier molecular flexibility index (Phi) is 4.64. The average molecular weight is 338 g/mol. The zero-order valence-corrected chi connectivity index (χ0v) is 14.5. The molecule has 1 aliphatic carbocycles. The smallest absolute Gasteiger partial charge is 0.102 e. The Labute approximate surface area is 149 Å². The van der Waals surface area contributed by atoms with Gasteiger partial charge in [0.2, 0.25) is 0 Å². The van der Waals surface area contributed by atoms with E-state index < -0.39 is 6.10 Å². The Hall–Kier alpha value is -2.04. The zero-order chi connectivity index (χ0) is 17.2. The van der Waals surface area contributed by atoms with Crippen molar-refractivity contribution in [3.63, 3.8) is 0 Å². The predicted molar refractivity (Wildman–Crippen MR) is 101 cm³/mol. The molecule has 4 heteroatoms. The minimum absolute atomic E-state index is 0.248. The summed E-state index contributed by atoms with van der Waals surface area (Å²) in [5, 5.41) is 20.3. The van der Waals surface area contributed by atoms with Crippen LogP contribution < -0.4 is 9.80 Å². The maximum atomic E-state index is 10.6. The molecule has 25 heavy (non-hydrogen) atoms. The summed E-state index contributed by atoms with van der Waals surface area (Å²) in [5.74, 6) is 0. The highest BCUT2D eigenvalue weighted by Crippen LogP contribution is 2.44. The Bertz CT molecular complexity index is 700. The van der Waals surface area contributed by atoms with E-state index in [4.69, 9.17) is 0 Å². The van der Waals surface area contributed by atoms with Crippen molar-refractivity contribution in [1.82, 2.24) is 0 Å². The lowest BCUT2D eigenvalue weighted by Crippen LogP contribution is -2.43. The molecule has 4 rings (SSSR count). The second-order valence-corrected chi connectivity index (χ2v) is 7.11. The van der Waals surface area contributed by atoms with E-state index in [9.17, 15) is 10.2 Å². The highest BCUT2D eigenvalue weighted by atomic mass is 16.3. The zero-order valence-electron chi connectivity index (χ0n) is 14.5. The van der Waals surface area contributed by atoms with Crippen LogP contribution in [0.3, 0.4) is 0 Å². The SMILES string of the molecule is OC[C@@H](O)[C@H](c1ccccc1)N1CN(C2CCCC2)c2ccccc21. The van der Waals surface area contributed by atoms with Gasteiger partial charge in [0, 0.05) is 6.04 Å². The summed E-state index contributed by atoms with van der Waals surface area (Å²) in [6.45, 7) is 0.516. The van der Waals surface area contributed by atoms with Crippen LogP contribution in [0.15, 0.2) is 54.6 Å². The van der Waals surface area contributed by atoms with Crippen molar-refractivity contribution in [2.45, 2.75) is 43.9 Å². The molecule has 0 aromatic heterocycles. The first-order valence-electron chi connectivity index (χ1n) is 9.26. The molecule has 4 nitrogen and oxygen atoms in total. The van der Waals surface area contributed by atoms with Crippen molar-refractivity contribution < 1.29 is 10.2 Å². The topological polar surface area (TPSA) is 46.9 Å². The summed E-state index contributed by atoms with van der Waals surface area (Å²) in [6.07, 6.45) is 4.25. The van der Waals surface area contributed by atoms with Crippen LogP contribution in [0, 0.1) is 0 Å². The molecule has 1 fully saturated rings. The van der Waals surface area contributed by atoms with Gasteiger partial charge >= 0.3 is 0 Å². The molecule has 2 aromatic rings. The van der Waals surface area contributed by atoms with Gasteiger partial charge in [-0.05, 0) is 30.5 Å². The molecule has 2 atom stereocenters. The molecular formula is C21H26N2O2. The number of para-hydroxylation sites is 2. The van der Waals surface area contributed by atoms with Gasteiger partial charge in [-0.25, -0.2) is 0 Å². The van der Waals surface area contributed by atoms with Crippen LogP contribution in [0.5, 0.6) is 0 Å². The van der Waals surface area contributed by atoms with Gasteiger partial charge < -0.3 is 20.0 Å². The monoisotopic (exact) mass is 338 g/mol. The molecular weight excluding hydrogens is 312 g/mol. The third-order valence-corrected chi connectivity index (χ3v) is 5.60. The van der Waals surface area contributed by atoms with E-state index in [2.05, 4.69) is 34.1 Å². The number of anilines is 2. The molecule has 2 aliphatic rings. The molecule has 0 bridgehead atoms. The predicted octanol–water partition coefficient (Wildman–Crippen LogP) is 3.31. The quantitative estimate of drug-likeness (QED) is 0.878. The molecule has 0 spiro atoms.